The average Bonchev–Trinajstić information content (AvgIpc) is 3.24. The summed E-state index contributed by atoms with van der Waals surface area (Å²) in [6.45, 7) is 14.3. The summed E-state index contributed by atoms with van der Waals surface area (Å²) in [6.07, 6.45) is -0.967. The molecular formula is C22H38FN6O4Si2. The summed E-state index contributed by atoms with van der Waals surface area (Å²) in [4.78, 5) is 14.9. The van der Waals surface area contributed by atoms with Gasteiger partial charge in [-0.3, -0.25) is 4.57 Å². The summed E-state index contributed by atoms with van der Waals surface area (Å²) in [5.41, 5.74) is 5.52. The number of nitrogens with two attached hydrogens (primary N) is 1. The summed E-state index contributed by atoms with van der Waals surface area (Å²) >= 11 is 0. The van der Waals surface area contributed by atoms with E-state index in [1.54, 1.807) is 9.47 Å². The molecule has 2 aliphatic rings. The first kappa shape index (κ1) is 26.4. The molecule has 4 rings (SSSR count). The Kier molecular flexibility index (Phi) is 7.05. The van der Waals surface area contributed by atoms with Crippen LogP contribution in [0.5, 0.6) is 0 Å². The van der Waals surface area contributed by atoms with Crippen molar-refractivity contribution in [3.8, 4) is 0 Å². The Morgan fingerprint density at radius 2 is 1.86 bits per heavy atom. The second-order valence-corrected chi connectivity index (χ2v) is 17.6. The second kappa shape index (κ2) is 9.34. The highest BCUT2D eigenvalue weighted by Gasteiger charge is 2.61. The van der Waals surface area contributed by atoms with Crippen molar-refractivity contribution < 1.29 is 22.1 Å². The Morgan fingerprint density at radius 1 is 1.20 bits per heavy atom. The number of nitrogen functional groups attached to an aromatic ring is 1. The molecule has 35 heavy (non-hydrogen) atoms. The van der Waals surface area contributed by atoms with Crippen molar-refractivity contribution >= 4 is 40.8 Å². The van der Waals surface area contributed by atoms with Crippen LogP contribution in [0.4, 0.5) is 16.2 Å². The third-order valence-electron chi connectivity index (χ3n) is 6.83. The fourth-order valence-electron chi connectivity index (χ4n) is 4.97. The third-order valence-corrected chi connectivity index (χ3v) is 14.2. The number of imidazole rings is 1. The molecule has 2 N–H and O–H groups in total. The van der Waals surface area contributed by atoms with E-state index in [2.05, 4.69) is 56.5 Å². The molecule has 2 aliphatic heterocycles. The fourth-order valence-corrected chi connectivity index (χ4v) is 12.8. The number of fused-ring (bicyclic) bond motifs is 2. The lowest BCUT2D eigenvalue weighted by atomic mass is 9.98. The van der Waals surface area contributed by atoms with Crippen molar-refractivity contribution in [3.05, 3.63) is 6.33 Å². The number of rotatable bonds is 5. The monoisotopic (exact) mass is 525 g/mol. The van der Waals surface area contributed by atoms with Gasteiger partial charge in [0.2, 0.25) is 5.95 Å². The first-order chi connectivity index (χ1) is 16.3. The van der Waals surface area contributed by atoms with E-state index in [1.807, 2.05) is 14.1 Å². The summed E-state index contributed by atoms with van der Waals surface area (Å²) in [5, 5.41) is 0. The average molecular weight is 526 g/mol. The first-order valence-electron chi connectivity index (χ1n) is 12.2. The predicted octanol–water partition coefficient (Wildman–Crippen LogP) is 3.69. The number of aromatic nitrogens is 4. The Morgan fingerprint density at radius 3 is 2.43 bits per heavy atom. The lowest BCUT2D eigenvalue weighted by Crippen LogP contribution is -2.59. The minimum Gasteiger partial charge on any atom is -0.413 e. The second-order valence-electron chi connectivity index (χ2n) is 10.8. The van der Waals surface area contributed by atoms with Gasteiger partial charge in [0.05, 0.1) is 12.9 Å². The molecule has 195 valence electrons. The molecular weight excluding hydrogens is 487 g/mol. The van der Waals surface area contributed by atoms with Crippen molar-refractivity contribution in [1.29, 1.82) is 0 Å². The molecule has 0 aliphatic carbocycles. The molecule has 0 amide bonds. The molecule has 0 unspecified atom stereocenters. The van der Waals surface area contributed by atoms with Crippen LogP contribution in [0.2, 0.25) is 16.6 Å². The summed E-state index contributed by atoms with van der Waals surface area (Å²) in [5.74, 6) is 0.634. The minimum atomic E-state index is -2.66. The molecule has 2 aromatic heterocycles. The van der Waals surface area contributed by atoms with E-state index < -0.39 is 41.9 Å². The Hall–Kier alpha value is -1.65. The molecule has 10 nitrogen and oxygen atoms in total. The lowest BCUT2D eigenvalue weighted by molar-refractivity contribution is -0.0584. The van der Waals surface area contributed by atoms with Gasteiger partial charge < -0.3 is 28.3 Å². The number of hydrogen-bond donors (Lipinski definition) is 1. The zero-order chi connectivity index (χ0) is 25.9. The van der Waals surface area contributed by atoms with Gasteiger partial charge in [-0.05, 0) is 23.5 Å². The van der Waals surface area contributed by atoms with Gasteiger partial charge in [0.1, 0.15) is 12.2 Å². The van der Waals surface area contributed by atoms with Gasteiger partial charge in [-0.1, -0.05) is 41.5 Å². The molecule has 0 bridgehead atoms. The van der Waals surface area contributed by atoms with Crippen molar-refractivity contribution in [3.63, 3.8) is 0 Å². The number of alkyl halides is 1. The molecule has 0 aromatic carbocycles. The van der Waals surface area contributed by atoms with Crippen LogP contribution in [0, 0.1) is 0 Å². The maximum atomic E-state index is 16.7. The first-order valence-corrected chi connectivity index (χ1v) is 15.5. The molecule has 4 heterocycles. The summed E-state index contributed by atoms with van der Waals surface area (Å²) < 4.78 is 44.4. The van der Waals surface area contributed by atoms with Crippen molar-refractivity contribution in [2.75, 3.05) is 31.3 Å². The molecule has 0 spiro atoms. The molecule has 0 saturated carbocycles. The van der Waals surface area contributed by atoms with Gasteiger partial charge >= 0.3 is 17.8 Å². The molecule has 1 radical (unpaired) electrons. The van der Waals surface area contributed by atoms with E-state index in [4.69, 9.17) is 23.4 Å². The van der Waals surface area contributed by atoms with E-state index in [-0.39, 0.29) is 29.2 Å². The predicted molar refractivity (Wildman–Crippen MR) is 136 cm³/mol. The SMILES string of the molecule is CC(C)[Si]1O[C@@H]2[C@@H](CO[Si](C(C)C)(C(C)C)O1)O[C@@H](n1cnc3c(N(C)C)nc(N)nc31)[C@]2(C)F. The highest BCUT2D eigenvalue weighted by molar-refractivity contribution is 6.76. The van der Waals surface area contributed by atoms with Crippen LogP contribution < -0.4 is 10.6 Å². The summed E-state index contributed by atoms with van der Waals surface area (Å²) in [7, 11) is -0.834. The minimum absolute atomic E-state index is 0.0791. The molecule has 2 aromatic rings. The highest BCUT2D eigenvalue weighted by Crippen LogP contribution is 2.47. The van der Waals surface area contributed by atoms with Crippen LogP contribution in [0.1, 0.15) is 54.7 Å². The molecule has 13 heteroatoms. The Labute approximate surface area is 209 Å². The van der Waals surface area contributed by atoms with E-state index in [1.165, 1.54) is 13.3 Å². The third kappa shape index (κ3) is 4.40. The number of nitrogens with zero attached hydrogens (tertiary/aromatic N) is 5. The molecule has 4 atom stereocenters. The Balaban J connectivity index is 1.75. The van der Waals surface area contributed by atoms with Gasteiger partial charge in [0.15, 0.2) is 28.9 Å². The van der Waals surface area contributed by atoms with Crippen molar-refractivity contribution in [2.45, 2.75) is 89.2 Å². The molecule has 2 fully saturated rings. The van der Waals surface area contributed by atoms with Gasteiger partial charge in [-0.2, -0.15) is 9.97 Å². The largest absolute Gasteiger partial charge is 0.413 e. The number of halogens is 1. The van der Waals surface area contributed by atoms with Gasteiger partial charge in [-0.25, -0.2) is 9.37 Å². The fraction of sp³-hybridized carbons (Fsp3) is 0.773. The number of hydrogen-bond acceptors (Lipinski definition) is 9. The van der Waals surface area contributed by atoms with E-state index in [9.17, 15) is 0 Å². The van der Waals surface area contributed by atoms with Gasteiger partial charge in [-0.15, -0.1) is 0 Å². The van der Waals surface area contributed by atoms with Gasteiger partial charge in [0, 0.05) is 14.1 Å². The van der Waals surface area contributed by atoms with Crippen LogP contribution in [-0.2, 0) is 17.7 Å². The Bertz CT molecular complexity index is 1060. The smallest absolute Gasteiger partial charge is 0.378 e. The lowest BCUT2D eigenvalue weighted by Gasteiger charge is -2.44. The molecule has 2 saturated heterocycles. The van der Waals surface area contributed by atoms with Crippen LogP contribution in [0.3, 0.4) is 0 Å². The highest BCUT2D eigenvalue weighted by atomic mass is 28.4. The standard InChI is InChI=1S/C22H38FN6O4Si2/c1-12(2)34-32-17-15(10-30-35(33-34,13(3)4)14(5)6)31-20(22(17,7)23)29-11-25-16-18(28(8)9)26-21(24)27-19(16)29/h11-15,17,20H,10H2,1-9H3,(H2,24,26,27)/t15-,17-,20-,22-/m1/s1. The maximum absolute atomic E-state index is 16.7. The van der Waals surface area contributed by atoms with Crippen LogP contribution in [-0.4, -0.2) is 75.9 Å². The maximum Gasteiger partial charge on any atom is 0.378 e. The number of ether oxygens (including phenoxy) is 1. The quantitative estimate of drug-likeness (QED) is 0.584. The van der Waals surface area contributed by atoms with E-state index in [0.717, 1.165) is 0 Å². The van der Waals surface area contributed by atoms with E-state index >= 15 is 4.39 Å². The van der Waals surface area contributed by atoms with E-state index in [0.29, 0.717) is 17.0 Å². The normalized spacial score (nSPS) is 29.7. The van der Waals surface area contributed by atoms with Crippen LogP contribution in [0.25, 0.3) is 11.2 Å². The van der Waals surface area contributed by atoms with Crippen molar-refractivity contribution in [2.24, 2.45) is 0 Å². The zero-order valence-electron chi connectivity index (χ0n) is 22.1. The summed E-state index contributed by atoms with van der Waals surface area (Å²) in [6, 6.07) is 0. The number of anilines is 2. The van der Waals surface area contributed by atoms with Crippen LogP contribution >= 0.6 is 0 Å². The van der Waals surface area contributed by atoms with Crippen LogP contribution in [0.15, 0.2) is 6.33 Å². The zero-order valence-corrected chi connectivity index (χ0v) is 24.1. The topological polar surface area (TPSA) is 110 Å². The van der Waals surface area contributed by atoms with Gasteiger partial charge in [0.25, 0.3) is 0 Å². The van der Waals surface area contributed by atoms with Crippen molar-refractivity contribution in [1.82, 2.24) is 19.5 Å².